The number of nitrogens with one attached hydrogen (secondary N) is 3. The molecule has 0 spiro atoms. The summed E-state index contributed by atoms with van der Waals surface area (Å²) >= 11 is 0. The normalized spacial score (nSPS) is 26.7. The lowest BCUT2D eigenvalue weighted by Crippen LogP contribution is -2.62. The zero-order chi connectivity index (χ0) is 37.2. The summed E-state index contributed by atoms with van der Waals surface area (Å²) in [6, 6.07) is 3.09. The smallest absolute Gasteiger partial charge is 0.328 e. The second-order valence-corrected chi connectivity index (χ2v) is 14.1. The van der Waals surface area contributed by atoms with Crippen LogP contribution in [0.15, 0.2) is 42.5 Å². The molecule has 1 aromatic rings. The second kappa shape index (κ2) is 18.1. The summed E-state index contributed by atoms with van der Waals surface area (Å²) in [5.74, 6) is -3.74. The highest BCUT2D eigenvalue weighted by Gasteiger charge is 2.45. The molecule has 4 saturated heterocycles. The van der Waals surface area contributed by atoms with E-state index in [-0.39, 0.29) is 25.4 Å². The van der Waals surface area contributed by atoms with E-state index in [1.807, 2.05) is 37.3 Å². The molecular weight excluding hydrogens is 668 g/mol. The van der Waals surface area contributed by atoms with E-state index in [4.69, 9.17) is 4.74 Å². The van der Waals surface area contributed by atoms with Crippen molar-refractivity contribution in [3.8, 4) is 0 Å². The lowest BCUT2D eigenvalue weighted by molar-refractivity contribution is -0.158. The van der Waals surface area contributed by atoms with Gasteiger partial charge in [-0.2, -0.15) is 0 Å². The third kappa shape index (κ3) is 9.37. The Hall–Kier alpha value is -4.75. The molecule has 6 amide bonds. The highest BCUT2D eigenvalue weighted by Crippen LogP contribution is 2.26. The number of carbonyl (C=O) groups excluding carboxylic acids is 7. The van der Waals surface area contributed by atoms with Gasteiger partial charge in [-0.05, 0) is 69.9 Å². The summed E-state index contributed by atoms with van der Waals surface area (Å²) in [7, 11) is 0. The van der Waals surface area contributed by atoms with Crippen molar-refractivity contribution in [3.63, 3.8) is 0 Å². The fraction of sp³-hybridized carbons (Fsp3) is 0.605. The van der Waals surface area contributed by atoms with Crippen LogP contribution < -0.4 is 16.0 Å². The van der Waals surface area contributed by atoms with E-state index in [0.717, 1.165) is 24.8 Å². The molecule has 3 N–H and O–H groups in total. The molecule has 14 nitrogen and oxygen atoms in total. The number of unbranched alkanes of at least 4 members (excludes halogenated alkanes) is 2. The van der Waals surface area contributed by atoms with Crippen LogP contribution in [0.25, 0.3) is 0 Å². The van der Waals surface area contributed by atoms with Crippen LogP contribution in [0, 0.1) is 0 Å². The number of carbonyl (C=O) groups is 7. The first-order valence-electron chi connectivity index (χ1n) is 18.8. The van der Waals surface area contributed by atoms with Gasteiger partial charge in [0.25, 0.3) is 0 Å². The number of benzene rings is 1. The van der Waals surface area contributed by atoms with Crippen LogP contribution in [0.4, 0.5) is 0 Å². The van der Waals surface area contributed by atoms with Gasteiger partial charge in [0.05, 0.1) is 0 Å². The number of ether oxygens (including phenoxy) is 1. The Morgan fingerprint density at radius 1 is 0.865 bits per heavy atom. The Morgan fingerprint density at radius 2 is 1.52 bits per heavy atom. The zero-order valence-electron chi connectivity index (χ0n) is 30.2. The minimum absolute atomic E-state index is 0.127. The molecule has 52 heavy (non-hydrogen) atoms. The number of piperidine rings is 1. The topological polar surface area (TPSA) is 175 Å². The molecule has 0 aromatic heterocycles. The molecule has 0 saturated carbocycles. The standard InChI is InChI=1S/C38H52N6O8/c1-3-4-5-9-19-32(45)40-27(23-26-14-7-6-8-15-26)33(46)41-28-24-52-38(51)31-18-13-22-44(31)35(48)25(2)39-34(47)29-16-10-11-20-42(29)37(50)30-17-12-21-43(30)36(28)49/h6-9,14-15,19,25,27-31H,3-5,10-13,16-18,20-24H2,1-2H3,(H,39,47)(H,40,45)(H,41,46)/b19-9+/t25-,27?,28?,29-,30-,31-/m0/s1. The summed E-state index contributed by atoms with van der Waals surface area (Å²) in [4.78, 5) is 100. The molecule has 0 radical (unpaired) electrons. The number of allylic oxidation sites excluding steroid dienone is 1. The van der Waals surface area contributed by atoms with Crippen LogP contribution in [0.1, 0.15) is 83.6 Å². The van der Waals surface area contributed by atoms with Crippen molar-refractivity contribution in [2.24, 2.45) is 0 Å². The third-order valence-corrected chi connectivity index (χ3v) is 10.4. The SMILES string of the molecule is CCCC/C=C/C(=O)NC(Cc1ccccc1)C(=O)NC1COC(=O)[C@@H]2CCCN2C(=O)[C@H](C)NC(=O)[C@@H]2CCCCN2C(=O)[C@@H]2CCCN2C1=O. The maximum absolute atomic E-state index is 14.4. The van der Waals surface area contributed by atoms with Gasteiger partial charge >= 0.3 is 5.97 Å². The van der Waals surface area contributed by atoms with E-state index in [2.05, 4.69) is 16.0 Å². The molecule has 0 bridgehead atoms. The quantitative estimate of drug-likeness (QED) is 0.195. The largest absolute Gasteiger partial charge is 0.461 e. The van der Waals surface area contributed by atoms with Gasteiger partial charge in [0.15, 0.2) is 0 Å². The third-order valence-electron chi connectivity index (χ3n) is 10.4. The predicted molar refractivity (Wildman–Crippen MR) is 190 cm³/mol. The molecule has 282 valence electrons. The molecule has 1 aromatic carbocycles. The van der Waals surface area contributed by atoms with Gasteiger partial charge in [-0.15, -0.1) is 0 Å². The van der Waals surface area contributed by atoms with Gasteiger partial charge in [-0.3, -0.25) is 28.8 Å². The maximum Gasteiger partial charge on any atom is 0.328 e. The summed E-state index contributed by atoms with van der Waals surface area (Å²) < 4.78 is 5.69. The highest BCUT2D eigenvalue weighted by molar-refractivity contribution is 5.98. The van der Waals surface area contributed by atoms with Crippen LogP contribution in [0.2, 0.25) is 0 Å². The Morgan fingerprint density at radius 3 is 2.25 bits per heavy atom. The van der Waals surface area contributed by atoms with Gasteiger partial charge < -0.3 is 35.4 Å². The summed E-state index contributed by atoms with van der Waals surface area (Å²) in [6.45, 7) is 3.92. The molecule has 4 fully saturated rings. The van der Waals surface area contributed by atoms with Crippen molar-refractivity contribution >= 4 is 41.4 Å². The minimum Gasteiger partial charge on any atom is -0.461 e. The van der Waals surface area contributed by atoms with Crippen molar-refractivity contribution in [1.82, 2.24) is 30.7 Å². The first-order chi connectivity index (χ1) is 25.1. The van der Waals surface area contributed by atoms with Crippen LogP contribution in [-0.4, -0.2) is 119 Å². The van der Waals surface area contributed by atoms with Crippen molar-refractivity contribution in [3.05, 3.63) is 48.0 Å². The highest BCUT2D eigenvalue weighted by atomic mass is 16.5. The summed E-state index contributed by atoms with van der Waals surface area (Å²) in [6.07, 6.45) is 9.46. The Bertz CT molecular complexity index is 1520. The Balaban J connectivity index is 1.44. The number of cyclic esters (lactones) is 1. The molecular formula is C38H52N6O8. The number of nitrogens with zero attached hydrogens (tertiary/aromatic N) is 3. The van der Waals surface area contributed by atoms with Gasteiger partial charge in [-0.25, -0.2) is 4.79 Å². The first kappa shape index (κ1) is 38.5. The summed E-state index contributed by atoms with van der Waals surface area (Å²) in [5.41, 5.74) is 0.777. The Labute approximate surface area is 305 Å². The second-order valence-electron chi connectivity index (χ2n) is 14.1. The number of hydrogen-bond acceptors (Lipinski definition) is 8. The van der Waals surface area contributed by atoms with Crippen LogP contribution in [-0.2, 0) is 44.7 Å². The van der Waals surface area contributed by atoms with Crippen molar-refractivity contribution in [1.29, 1.82) is 0 Å². The number of amides is 6. The number of hydrogen-bond donors (Lipinski definition) is 3. The first-order valence-corrected chi connectivity index (χ1v) is 18.8. The zero-order valence-corrected chi connectivity index (χ0v) is 30.2. The van der Waals surface area contributed by atoms with Crippen LogP contribution in [0.3, 0.4) is 0 Å². The van der Waals surface area contributed by atoms with Gasteiger partial charge in [-0.1, -0.05) is 56.2 Å². The van der Waals surface area contributed by atoms with E-state index < -0.39 is 78.4 Å². The average Bonchev–Trinajstić information content (AvgIpc) is 3.85. The van der Waals surface area contributed by atoms with Crippen LogP contribution in [0.5, 0.6) is 0 Å². The molecule has 0 aliphatic carbocycles. The van der Waals surface area contributed by atoms with Gasteiger partial charge in [0, 0.05) is 26.1 Å². The molecule has 5 rings (SSSR count). The molecule has 4 aliphatic heterocycles. The van der Waals surface area contributed by atoms with E-state index in [1.54, 1.807) is 13.0 Å². The van der Waals surface area contributed by atoms with Crippen molar-refractivity contribution in [2.75, 3.05) is 26.2 Å². The molecule has 14 heteroatoms. The van der Waals surface area contributed by atoms with Crippen molar-refractivity contribution < 1.29 is 38.3 Å². The van der Waals surface area contributed by atoms with Crippen LogP contribution >= 0.6 is 0 Å². The van der Waals surface area contributed by atoms with E-state index in [1.165, 1.54) is 20.8 Å². The minimum atomic E-state index is -1.39. The van der Waals surface area contributed by atoms with E-state index in [9.17, 15) is 33.6 Å². The van der Waals surface area contributed by atoms with Gasteiger partial charge in [0.1, 0.15) is 42.9 Å². The number of esters is 1. The lowest BCUT2D eigenvalue weighted by Gasteiger charge is -2.39. The van der Waals surface area contributed by atoms with Gasteiger partial charge in [0.2, 0.25) is 35.4 Å². The summed E-state index contributed by atoms with van der Waals surface area (Å²) in [5, 5.41) is 8.29. The molecule has 6 atom stereocenters. The predicted octanol–water partition coefficient (Wildman–Crippen LogP) is 1.37. The monoisotopic (exact) mass is 720 g/mol. The Kier molecular flexibility index (Phi) is 13.4. The molecule has 2 unspecified atom stereocenters. The molecule has 4 aliphatic rings. The molecule has 4 heterocycles. The van der Waals surface area contributed by atoms with E-state index in [0.29, 0.717) is 51.5 Å². The van der Waals surface area contributed by atoms with Crippen molar-refractivity contribution in [2.45, 2.75) is 121 Å². The average molecular weight is 721 g/mol. The maximum atomic E-state index is 14.4. The number of rotatable bonds is 9. The fourth-order valence-electron chi connectivity index (χ4n) is 7.54. The number of fused-ring (bicyclic) bond motifs is 3. The fourth-order valence-corrected chi connectivity index (χ4v) is 7.54. The van der Waals surface area contributed by atoms with E-state index >= 15 is 0 Å². The lowest BCUT2D eigenvalue weighted by atomic mass is 9.99.